The lowest BCUT2D eigenvalue weighted by Gasteiger charge is -2.27. The molecule has 0 bridgehead atoms. The first-order chi connectivity index (χ1) is 10.5. The van der Waals surface area contributed by atoms with Crippen LogP contribution in [0.3, 0.4) is 0 Å². The van der Waals surface area contributed by atoms with Crippen LogP contribution in [0.2, 0.25) is 0 Å². The number of nitro benzene ring substituents is 1. The molecule has 1 fully saturated rings. The minimum Gasteiger partial charge on any atom is -0.484 e. The molecule has 1 heterocycles. The predicted octanol–water partition coefficient (Wildman–Crippen LogP) is 1.90. The van der Waals surface area contributed by atoms with Gasteiger partial charge in [0.1, 0.15) is 5.75 Å². The summed E-state index contributed by atoms with van der Waals surface area (Å²) in [5.74, 6) is 0.671. The van der Waals surface area contributed by atoms with Crippen LogP contribution in [0.1, 0.15) is 19.8 Å². The summed E-state index contributed by atoms with van der Waals surface area (Å²) < 4.78 is 10.8. The second kappa shape index (κ2) is 7.74. The third-order valence-electron chi connectivity index (χ3n) is 3.60. The van der Waals surface area contributed by atoms with Crippen molar-refractivity contribution in [1.29, 1.82) is 0 Å². The second-order valence-corrected chi connectivity index (χ2v) is 5.42. The third-order valence-corrected chi connectivity index (χ3v) is 3.60. The van der Waals surface area contributed by atoms with Crippen LogP contribution in [-0.4, -0.2) is 36.7 Å². The van der Waals surface area contributed by atoms with Gasteiger partial charge in [0.15, 0.2) is 6.61 Å². The molecule has 7 heteroatoms. The van der Waals surface area contributed by atoms with Crippen molar-refractivity contribution in [3.63, 3.8) is 0 Å². The molecule has 0 spiro atoms. The lowest BCUT2D eigenvalue weighted by Crippen LogP contribution is -2.36. The van der Waals surface area contributed by atoms with E-state index in [2.05, 4.69) is 5.32 Å². The molecule has 1 aromatic rings. The van der Waals surface area contributed by atoms with E-state index in [0.29, 0.717) is 18.2 Å². The summed E-state index contributed by atoms with van der Waals surface area (Å²) in [6.07, 6.45) is 2.14. The van der Waals surface area contributed by atoms with Gasteiger partial charge in [0.05, 0.1) is 11.0 Å². The van der Waals surface area contributed by atoms with E-state index in [1.165, 1.54) is 24.3 Å². The van der Waals surface area contributed by atoms with E-state index in [1.807, 2.05) is 6.92 Å². The zero-order valence-electron chi connectivity index (χ0n) is 12.5. The maximum atomic E-state index is 11.7. The average molecular weight is 308 g/mol. The Labute approximate surface area is 128 Å². The quantitative estimate of drug-likeness (QED) is 0.640. The number of carbonyl (C=O) groups excluding carboxylic acids is 1. The van der Waals surface area contributed by atoms with Gasteiger partial charge in [0.2, 0.25) is 0 Å². The fraction of sp³-hybridized carbons (Fsp3) is 0.533. The Morgan fingerprint density at radius 2 is 2.18 bits per heavy atom. The Kier molecular flexibility index (Phi) is 5.71. The van der Waals surface area contributed by atoms with Crippen molar-refractivity contribution < 1.29 is 19.2 Å². The van der Waals surface area contributed by atoms with Crippen LogP contribution in [-0.2, 0) is 9.53 Å². The molecule has 1 aliphatic rings. The largest absolute Gasteiger partial charge is 0.484 e. The number of ether oxygens (including phenoxy) is 2. The lowest BCUT2D eigenvalue weighted by atomic mass is 9.96. The van der Waals surface area contributed by atoms with Gasteiger partial charge in [-0.2, -0.15) is 0 Å². The van der Waals surface area contributed by atoms with Crippen LogP contribution in [0.4, 0.5) is 5.69 Å². The summed E-state index contributed by atoms with van der Waals surface area (Å²) in [4.78, 5) is 21.8. The second-order valence-electron chi connectivity index (χ2n) is 5.42. The Morgan fingerprint density at radius 3 is 2.82 bits per heavy atom. The molecule has 120 valence electrons. The molecule has 0 aliphatic carbocycles. The Bertz CT molecular complexity index is 517. The highest BCUT2D eigenvalue weighted by Crippen LogP contribution is 2.19. The first-order valence-corrected chi connectivity index (χ1v) is 7.30. The minimum atomic E-state index is -0.481. The molecule has 1 aliphatic heterocycles. The number of hydrogen-bond acceptors (Lipinski definition) is 5. The number of hydrogen-bond donors (Lipinski definition) is 1. The minimum absolute atomic E-state index is 0.00885. The molecule has 1 saturated heterocycles. The van der Waals surface area contributed by atoms with Gasteiger partial charge < -0.3 is 14.8 Å². The Morgan fingerprint density at radius 1 is 1.45 bits per heavy atom. The summed E-state index contributed by atoms with van der Waals surface area (Å²) in [5.41, 5.74) is -0.00885. The average Bonchev–Trinajstić information content (AvgIpc) is 2.51. The van der Waals surface area contributed by atoms with Crippen molar-refractivity contribution in [3.05, 3.63) is 34.4 Å². The first kappa shape index (κ1) is 16.2. The molecule has 22 heavy (non-hydrogen) atoms. The number of nitrogens with one attached hydrogen (secondary N) is 1. The molecule has 1 N–H and O–H groups in total. The van der Waals surface area contributed by atoms with Crippen LogP contribution >= 0.6 is 0 Å². The van der Waals surface area contributed by atoms with E-state index in [9.17, 15) is 14.9 Å². The fourth-order valence-corrected chi connectivity index (χ4v) is 2.40. The standard InChI is InChI=1S/C15H20N2O5/c1-11-8-12(6-7-21-11)9-16-15(18)10-22-14-4-2-13(3-5-14)17(19)20/h2-5,11-12H,6-10H2,1H3,(H,16,18)/t11-,12-/m0/s1. The van der Waals surface area contributed by atoms with Gasteiger partial charge in [0, 0.05) is 25.3 Å². The summed E-state index contributed by atoms with van der Waals surface area (Å²) in [7, 11) is 0. The Hall–Kier alpha value is -2.15. The summed E-state index contributed by atoms with van der Waals surface area (Å²) >= 11 is 0. The topological polar surface area (TPSA) is 90.7 Å². The van der Waals surface area contributed by atoms with E-state index < -0.39 is 4.92 Å². The molecule has 0 aromatic heterocycles. The maximum absolute atomic E-state index is 11.7. The fourth-order valence-electron chi connectivity index (χ4n) is 2.40. The molecule has 7 nitrogen and oxygen atoms in total. The van der Waals surface area contributed by atoms with Crippen molar-refractivity contribution in [2.45, 2.75) is 25.9 Å². The van der Waals surface area contributed by atoms with Crippen molar-refractivity contribution >= 4 is 11.6 Å². The molecule has 1 aromatic carbocycles. The number of rotatable bonds is 6. The highest BCUT2D eigenvalue weighted by Gasteiger charge is 2.19. The molecule has 0 radical (unpaired) electrons. The van der Waals surface area contributed by atoms with Gasteiger partial charge in [-0.15, -0.1) is 0 Å². The van der Waals surface area contributed by atoms with Crippen molar-refractivity contribution in [1.82, 2.24) is 5.32 Å². The summed E-state index contributed by atoms with van der Waals surface area (Å²) in [5, 5.41) is 13.4. The molecule has 1 amide bonds. The summed E-state index contributed by atoms with van der Waals surface area (Å²) in [6, 6.07) is 5.64. The van der Waals surface area contributed by atoms with Crippen molar-refractivity contribution in [3.8, 4) is 5.75 Å². The van der Waals surface area contributed by atoms with Crippen LogP contribution in [0.15, 0.2) is 24.3 Å². The number of nitro groups is 1. The summed E-state index contributed by atoms with van der Waals surface area (Å²) in [6.45, 7) is 3.29. The first-order valence-electron chi connectivity index (χ1n) is 7.30. The van der Waals surface area contributed by atoms with Crippen LogP contribution in [0.25, 0.3) is 0 Å². The molecular weight excluding hydrogens is 288 g/mol. The molecular formula is C15H20N2O5. The van der Waals surface area contributed by atoms with E-state index in [4.69, 9.17) is 9.47 Å². The number of nitrogens with zero attached hydrogens (tertiary/aromatic N) is 1. The lowest BCUT2D eigenvalue weighted by molar-refractivity contribution is -0.384. The highest BCUT2D eigenvalue weighted by atomic mass is 16.6. The monoisotopic (exact) mass is 308 g/mol. The Balaban J connectivity index is 1.70. The smallest absolute Gasteiger partial charge is 0.269 e. The molecule has 2 rings (SSSR count). The molecule has 2 atom stereocenters. The van der Waals surface area contributed by atoms with Gasteiger partial charge in [-0.1, -0.05) is 0 Å². The molecule has 0 unspecified atom stereocenters. The van der Waals surface area contributed by atoms with E-state index >= 15 is 0 Å². The van der Waals surface area contributed by atoms with Crippen molar-refractivity contribution in [2.24, 2.45) is 5.92 Å². The van der Waals surface area contributed by atoms with E-state index in [0.717, 1.165) is 19.4 Å². The highest BCUT2D eigenvalue weighted by molar-refractivity contribution is 5.77. The molecule has 0 saturated carbocycles. The van der Waals surface area contributed by atoms with Crippen LogP contribution < -0.4 is 10.1 Å². The maximum Gasteiger partial charge on any atom is 0.269 e. The van der Waals surface area contributed by atoms with Gasteiger partial charge in [0.25, 0.3) is 11.6 Å². The van der Waals surface area contributed by atoms with Gasteiger partial charge in [-0.05, 0) is 37.8 Å². The third kappa shape index (κ3) is 5.00. The number of carbonyl (C=O) groups is 1. The number of benzene rings is 1. The van der Waals surface area contributed by atoms with Gasteiger partial charge in [-0.3, -0.25) is 14.9 Å². The predicted molar refractivity (Wildman–Crippen MR) is 79.7 cm³/mol. The zero-order chi connectivity index (χ0) is 15.9. The normalized spacial score (nSPS) is 21.1. The van der Waals surface area contributed by atoms with Crippen LogP contribution in [0.5, 0.6) is 5.75 Å². The van der Waals surface area contributed by atoms with E-state index in [1.54, 1.807) is 0 Å². The van der Waals surface area contributed by atoms with Gasteiger partial charge >= 0.3 is 0 Å². The number of amides is 1. The van der Waals surface area contributed by atoms with Gasteiger partial charge in [-0.25, -0.2) is 0 Å². The SMILES string of the molecule is C[C@H]1C[C@@H](CNC(=O)COc2ccc([N+](=O)[O-])cc2)CCO1. The van der Waals surface area contributed by atoms with E-state index in [-0.39, 0.29) is 24.3 Å². The number of non-ortho nitro benzene ring substituents is 1. The zero-order valence-corrected chi connectivity index (χ0v) is 12.5. The van der Waals surface area contributed by atoms with Crippen molar-refractivity contribution in [2.75, 3.05) is 19.8 Å². The van der Waals surface area contributed by atoms with Crippen LogP contribution in [0, 0.1) is 16.0 Å².